The Morgan fingerprint density at radius 3 is 3.14 bits per heavy atom. The van der Waals surface area contributed by atoms with Crippen molar-refractivity contribution < 1.29 is 19.4 Å². The van der Waals surface area contributed by atoms with E-state index in [1.54, 1.807) is 15.6 Å². The Bertz CT molecular complexity index is 489. The molecule has 1 amide bonds. The van der Waals surface area contributed by atoms with Crippen LogP contribution in [0.5, 0.6) is 0 Å². The van der Waals surface area contributed by atoms with Gasteiger partial charge in [-0.2, -0.15) is 5.10 Å². The number of hydrogen-bond acceptors (Lipinski definition) is 5. The summed E-state index contributed by atoms with van der Waals surface area (Å²) in [4.78, 5) is 14.5. The van der Waals surface area contributed by atoms with Crippen LogP contribution in [0.15, 0.2) is 6.07 Å². The quantitative estimate of drug-likeness (QED) is 0.765. The van der Waals surface area contributed by atoms with Crippen molar-refractivity contribution in [3.63, 3.8) is 0 Å². The van der Waals surface area contributed by atoms with Gasteiger partial charge in [-0.05, 0) is 19.9 Å². The SMILES string of the molecule is CCOCCn1nc(C)cc1C(=O)N1CCOC[C@H](CO)C1. The molecule has 0 aliphatic carbocycles. The molecule has 124 valence electrons. The predicted molar refractivity (Wildman–Crippen MR) is 80.8 cm³/mol. The van der Waals surface area contributed by atoms with Crippen LogP contribution in [0, 0.1) is 12.8 Å². The summed E-state index contributed by atoms with van der Waals surface area (Å²) in [6.45, 7) is 7.57. The second-order valence-electron chi connectivity index (χ2n) is 5.47. The number of ether oxygens (including phenoxy) is 2. The number of hydrogen-bond donors (Lipinski definition) is 1. The minimum atomic E-state index is -0.0685. The number of aryl methyl sites for hydroxylation is 1. The third kappa shape index (κ3) is 4.28. The van der Waals surface area contributed by atoms with Crippen LogP contribution in [-0.2, 0) is 16.0 Å². The van der Waals surface area contributed by atoms with Gasteiger partial charge in [-0.3, -0.25) is 9.48 Å². The first kappa shape index (κ1) is 16.9. The van der Waals surface area contributed by atoms with E-state index in [0.717, 1.165) is 5.69 Å². The molecule has 0 unspecified atom stereocenters. The third-order valence-electron chi connectivity index (χ3n) is 3.66. The lowest BCUT2D eigenvalue weighted by atomic mass is 10.1. The highest BCUT2D eigenvalue weighted by Crippen LogP contribution is 2.13. The first-order chi connectivity index (χ1) is 10.7. The molecule has 0 spiro atoms. The normalized spacial score (nSPS) is 19.2. The van der Waals surface area contributed by atoms with Gasteiger partial charge >= 0.3 is 0 Å². The van der Waals surface area contributed by atoms with E-state index >= 15 is 0 Å². The van der Waals surface area contributed by atoms with Crippen LogP contribution in [0.3, 0.4) is 0 Å². The summed E-state index contributed by atoms with van der Waals surface area (Å²) in [5.41, 5.74) is 1.38. The van der Waals surface area contributed by atoms with Crippen molar-refractivity contribution in [2.45, 2.75) is 20.4 Å². The average Bonchev–Trinajstić information content (AvgIpc) is 2.74. The molecule has 1 aliphatic heterocycles. The number of rotatable bonds is 6. The molecule has 1 aromatic rings. The highest BCUT2D eigenvalue weighted by molar-refractivity contribution is 5.92. The molecular formula is C15H25N3O4. The molecule has 7 nitrogen and oxygen atoms in total. The molecule has 0 radical (unpaired) electrons. The smallest absolute Gasteiger partial charge is 0.272 e. The van der Waals surface area contributed by atoms with Crippen LogP contribution < -0.4 is 0 Å². The van der Waals surface area contributed by atoms with E-state index in [4.69, 9.17) is 9.47 Å². The lowest BCUT2D eigenvalue weighted by molar-refractivity contribution is 0.0710. The maximum atomic E-state index is 12.8. The van der Waals surface area contributed by atoms with Gasteiger partial charge < -0.3 is 19.5 Å². The third-order valence-corrected chi connectivity index (χ3v) is 3.66. The Labute approximate surface area is 130 Å². The summed E-state index contributed by atoms with van der Waals surface area (Å²) >= 11 is 0. The highest BCUT2D eigenvalue weighted by atomic mass is 16.5. The molecule has 0 aromatic carbocycles. The monoisotopic (exact) mass is 311 g/mol. The zero-order chi connectivity index (χ0) is 15.9. The predicted octanol–water partition coefficient (Wildman–Crippen LogP) is 0.309. The Kier molecular flexibility index (Phi) is 6.35. The van der Waals surface area contributed by atoms with Gasteiger partial charge in [0.05, 0.1) is 32.1 Å². The van der Waals surface area contributed by atoms with Crippen LogP contribution in [0.1, 0.15) is 23.1 Å². The standard InChI is InChI=1S/C15H25N3O4/c1-3-21-7-5-18-14(8-12(2)16-18)15(20)17-4-6-22-11-13(9-17)10-19/h8,13,19H,3-7,9-11H2,1-2H3/t13-/m0/s1. The van der Waals surface area contributed by atoms with E-state index in [2.05, 4.69) is 5.10 Å². The zero-order valence-electron chi connectivity index (χ0n) is 13.3. The summed E-state index contributed by atoms with van der Waals surface area (Å²) in [5.74, 6) is -0.103. The molecular weight excluding hydrogens is 286 g/mol. The number of carbonyl (C=O) groups is 1. The largest absolute Gasteiger partial charge is 0.396 e. The molecule has 2 heterocycles. The molecule has 1 atom stereocenters. The lowest BCUT2D eigenvalue weighted by Gasteiger charge is -2.23. The van der Waals surface area contributed by atoms with Crippen molar-refractivity contribution in [1.29, 1.82) is 0 Å². The summed E-state index contributed by atoms with van der Waals surface area (Å²) in [6, 6.07) is 1.80. The van der Waals surface area contributed by atoms with E-state index in [1.165, 1.54) is 0 Å². The molecule has 0 bridgehead atoms. The van der Waals surface area contributed by atoms with Gasteiger partial charge in [0, 0.05) is 32.2 Å². The fraction of sp³-hybridized carbons (Fsp3) is 0.733. The van der Waals surface area contributed by atoms with Gasteiger partial charge in [0.15, 0.2) is 0 Å². The van der Waals surface area contributed by atoms with Crippen molar-refractivity contribution in [2.24, 2.45) is 5.92 Å². The average molecular weight is 311 g/mol. The minimum Gasteiger partial charge on any atom is -0.396 e. The fourth-order valence-electron chi connectivity index (χ4n) is 2.52. The minimum absolute atomic E-state index is 0.0202. The highest BCUT2D eigenvalue weighted by Gasteiger charge is 2.25. The maximum Gasteiger partial charge on any atom is 0.272 e. The molecule has 1 aliphatic rings. The number of nitrogens with zero attached hydrogens (tertiary/aromatic N) is 3. The topological polar surface area (TPSA) is 76.8 Å². The van der Waals surface area contributed by atoms with E-state index in [-0.39, 0.29) is 18.4 Å². The van der Waals surface area contributed by atoms with E-state index in [0.29, 0.717) is 51.8 Å². The molecule has 1 aromatic heterocycles. The molecule has 1 fully saturated rings. The van der Waals surface area contributed by atoms with Gasteiger partial charge in [0.25, 0.3) is 5.91 Å². The van der Waals surface area contributed by atoms with Gasteiger partial charge in [-0.15, -0.1) is 0 Å². The zero-order valence-corrected chi connectivity index (χ0v) is 13.3. The van der Waals surface area contributed by atoms with Gasteiger partial charge in [0.2, 0.25) is 0 Å². The van der Waals surface area contributed by atoms with Crippen molar-refractivity contribution in [1.82, 2.24) is 14.7 Å². The van der Waals surface area contributed by atoms with Gasteiger partial charge in [0.1, 0.15) is 5.69 Å². The van der Waals surface area contributed by atoms with Crippen LogP contribution in [-0.4, -0.2) is 71.8 Å². The summed E-state index contributed by atoms with van der Waals surface area (Å²) in [6.07, 6.45) is 0. The van der Waals surface area contributed by atoms with Crippen molar-refractivity contribution in [2.75, 3.05) is 46.1 Å². The summed E-state index contributed by atoms with van der Waals surface area (Å²) < 4.78 is 12.5. The Hall–Kier alpha value is -1.44. The van der Waals surface area contributed by atoms with E-state index in [9.17, 15) is 9.90 Å². The van der Waals surface area contributed by atoms with Crippen LogP contribution in [0.4, 0.5) is 0 Å². The molecule has 1 N–H and O–H groups in total. The second kappa shape index (κ2) is 8.26. The molecule has 22 heavy (non-hydrogen) atoms. The van der Waals surface area contributed by atoms with Crippen LogP contribution in [0.2, 0.25) is 0 Å². The first-order valence-corrected chi connectivity index (χ1v) is 7.75. The molecule has 7 heteroatoms. The van der Waals surface area contributed by atoms with Crippen LogP contribution >= 0.6 is 0 Å². The Morgan fingerprint density at radius 1 is 1.59 bits per heavy atom. The maximum absolute atomic E-state index is 12.8. The van der Waals surface area contributed by atoms with E-state index < -0.39 is 0 Å². The van der Waals surface area contributed by atoms with Gasteiger partial charge in [-0.25, -0.2) is 0 Å². The Balaban J connectivity index is 2.10. The van der Waals surface area contributed by atoms with E-state index in [1.807, 2.05) is 13.8 Å². The number of aliphatic hydroxyl groups is 1. The lowest BCUT2D eigenvalue weighted by Crippen LogP contribution is -2.38. The van der Waals surface area contributed by atoms with Gasteiger partial charge in [-0.1, -0.05) is 0 Å². The number of amides is 1. The molecule has 1 saturated heterocycles. The van der Waals surface area contributed by atoms with Crippen molar-refractivity contribution in [3.05, 3.63) is 17.5 Å². The molecule has 0 saturated carbocycles. The van der Waals surface area contributed by atoms with Crippen molar-refractivity contribution >= 4 is 5.91 Å². The fourth-order valence-corrected chi connectivity index (χ4v) is 2.52. The second-order valence-corrected chi connectivity index (χ2v) is 5.47. The van der Waals surface area contributed by atoms with Crippen LogP contribution in [0.25, 0.3) is 0 Å². The number of carbonyl (C=O) groups excluding carboxylic acids is 1. The summed E-state index contributed by atoms with van der Waals surface area (Å²) in [5, 5.41) is 13.7. The molecule has 2 rings (SSSR count). The number of aliphatic hydroxyl groups excluding tert-OH is 1. The Morgan fingerprint density at radius 2 is 2.41 bits per heavy atom. The number of aromatic nitrogens is 2. The first-order valence-electron chi connectivity index (χ1n) is 7.75. The summed E-state index contributed by atoms with van der Waals surface area (Å²) in [7, 11) is 0. The van der Waals surface area contributed by atoms with Crippen molar-refractivity contribution in [3.8, 4) is 0 Å².